The van der Waals surface area contributed by atoms with Gasteiger partial charge in [-0.25, -0.2) is 9.50 Å². The molecule has 1 aliphatic carbocycles. The molecular formula is C20H33Cl3N6O. The Morgan fingerprint density at radius 3 is 2.63 bits per heavy atom. The van der Waals surface area contributed by atoms with Crippen LogP contribution in [-0.2, 0) is 11.2 Å². The van der Waals surface area contributed by atoms with Gasteiger partial charge in [0.2, 0.25) is 5.91 Å². The third-order valence-electron chi connectivity index (χ3n) is 5.12. The number of rotatable bonds is 11. The molecule has 0 aliphatic heterocycles. The molecule has 10 heteroatoms. The molecule has 2 heterocycles. The van der Waals surface area contributed by atoms with Crippen LogP contribution < -0.4 is 16.0 Å². The van der Waals surface area contributed by atoms with E-state index in [1.165, 1.54) is 32.1 Å². The Hall–Kier alpha value is -1.12. The van der Waals surface area contributed by atoms with E-state index < -0.39 is 0 Å². The first kappa shape index (κ1) is 26.9. The molecule has 0 atom stereocenters. The van der Waals surface area contributed by atoms with Gasteiger partial charge in [0.25, 0.3) is 0 Å². The minimum Gasteiger partial charge on any atom is -0.356 e. The van der Waals surface area contributed by atoms with Crippen molar-refractivity contribution in [2.24, 2.45) is 0 Å². The largest absolute Gasteiger partial charge is 0.356 e. The molecule has 1 aliphatic rings. The number of hydrogen-bond donors (Lipinski definition) is 3. The molecule has 0 radical (unpaired) electrons. The summed E-state index contributed by atoms with van der Waals surface area (Å²) in [5.41, 5.74) is 1.38. The maximum atomic E-state index is 12.0. The standard InChI is InChI=1S/C20H31ClN6O.2ClH/c21-18-8-9-19-25-17(15-27(19)26-18)14-20(28)24-11-5-4-10-22-12-13-23-16-6-2-1-3-7-16;;/h8-9,15-16,22-23H,1-7,10-14H2,(H,24,28);2*1H. The van der Waals surface area contributed by atoms with Gasteiger partial charge in [0, 0.05) is 25.7 Å². The number of fused-ring (bicyclic) bond motifs is 1. The van der Waals surface area contributed by atoms with E-state index in [1.54, 1.807) is 22.8 Å². The van der Waals surface area contributed by atoms with Gasteiger partial charge in [0.1, 0.15) is 5.15 Å². The quantitative estimate of drug-likeness (QED) is 0.431. The summed E-state index contributed by atoms with van der Waals surface area (Å²) < 4.78 is 1.60. The van der Waals surface area contributed by atoms with Crippen molar-refractivity contribution in [3.8, 4) is 0 Å². The minimum absolute atomic E-state index is 0. The summed E-state index contributed by atoms with van der Waals surface area (Å²) in [6, 6.07) is 4.20. The van der Waals surface area contributed by atoms with Crippen LogP contribution in [0.15, 0.2) is 18.3 Å². The van der Waals surface area contributed by atoms with E-state index in [-0.39, 0.29) is 37.1 Å². The number of unbranched alkanes of at least 4 members (excludes halogenated alkanes) is 1. The lowest BCUT2D eigenvalue weighted by molar-refractivity contribution is -0.120. The van der Waals surface area contributed by atoms with Crippen LogP contribution in [0.2, 0.25) is 5.15 Å². The Morgan fingerprint density at radius 1 is 1.07 bits per heavy atom. The average Bonchev–Trinajstić information content (AvgIpc) is 3.08. The zero-order chi connectivity index (χ0) is 19.6. The molecule has 1 amide bonds. The fourth-order valence-electron chi connectivity index (χ4n) is 3.62. The van der Waals surface area contributed by atoms with Crippen LogP contribution in [0, 0.1) is 0 Å². The zero-order valence-corrected chi connectivity index (χ0v) is 19.6. The summed E-state index contributed by atoms with van der Waals surface area (Å²) in [4.78, 5) is 16.4. The van der Waals surface area contributed by atoms with Crippen LogP contribution >= 0.6 is 36.4 Å². The highest BCUT2D eigenvalue weighted by atomic mass is 35.5. The third-order valence-corrected chi connectivity index (χ3v) is 5.32. The second kappa shape index (κ2) is 14.8. The maximum Gasteiger partial charge on any atom is 0.226 e. The Morgan fingerprint density at radius 2 is 1.83 bits per heavy atom. The van der Waals surface area contributed by atoms with Crippen molar-refractivity contribution in [1.29, 1.82) is 0 Å². The second-order valence-electron chi connectivity index (χ2n) is 7.46. The van der Waals surface area contributed by atoms with Gasteiger partial charge in [-0.2, -0.15) is 5.10 Å². The van der Waals surface area contributed by atoms with Gasteiger partial charge < -0.3 is 16.0 Å². The van der Waals surface area contributed by atoms with Crippen LogP contribution in [0.25, 0.3) is 5.65 Å². The summed E-state index contributed by atoms with van der Waals surface area (Å²) >= 11 is 5.86. The Labute approximate surface area is 195 Å². The highest BCUT2D eigenvalue weighted by Crippen LogP contribution is 2.16. The number of nitrogens with zero attached hydrogens (tertiary/aromatic N) is 3. The van der Waals surface area contributed by atoms with Gasteiger partial charge in [-0.15, -0.1) is 24.8 Å². The predicted molar refractivity (Wildman–Crippen MR) is 126 cm³/mol. The molecule has 2 aromatic heterocycles. The van der Waals surface area contributed by atoms with Crippen LogP contribution in [0.5, 0.6) is 0 Å². The van der Waals surface area contributed by atoms with Crippen LogP contribution in [0.4, 0.5) is 0 Å². The predicted octanol–water partition coefficient (Wildman–Crippen LogP) is 3.18. The molecule has 170 valence electrons. The van der Waals surface area contributed by atoms with Gasteiger partial charge in [-0.05, 0) is 44.4 Å². The van der Waals surface area contributed by atoms with Gasteiger partial charge in [-0.3, -0.25) is 4.79 Å². The summed E-state index contributed by atoms with van der Waals surface area (Å²) in [5, 5.41) is 14.6. The van der Waals surface area contributed by atoms with Crippen molar-refractivity contribution in [3.63, 3.8) is 0 Å². The number of imidazole rings is 1. The van der Waals surface area contributed by atoms with Crippen molar-refractivity contribution >= 4 is 48.0 Å². The molecule has 1 saturated carbocycles. The van der Waals surface area contributed by atoms with Crippen LogP contribution in [-0.4, -0.2) is 52.7 Å². The van der Waals surface area contributed by atoms with Gasteiger partial charge in [0.15, 0.2) is 5.65 Å². The first-order chi connectivity index (χ1) is 13.7. The normalized spacial score (nSPS) is 14.2. The summed E-state index contributed by atoms with van der Waals surface area (Å²) in [6.07, 6.45) is 10.8. The van der Waals surface area contributed by atoms with E-state index >= 15 is 0 Å². The lowest BCUT2D eigenvalue weighted by Crippen LogP contribution is -2.36. The number of nitrogens with one attached hydrogen (secondary N) is 3. The summed E-state index contributed by atoms with van der Waals surface area (Å²) in [7, 11) is 0. The number of carbonyl (C=O) groups excluding carboxylic acids is 1. The SMILES string of the molecule is Cl.Cl.O=C(Cc1cn2nc(Cl)ccc2n1)NCCCCNCCNC1CCCCC1. The molecule has 0 saturated heterocycles. The molecular weight excluding hydrogens is 447 g/mol. The Bertz CT molecular complexity index is 751. The molecule has 1 fully saturated rings. The van der Waals surface area contributed by atoms with Crippen molar-refractivity contribution in [1.82, 2.24) is 30.5 Å². The maximum absolute atomic E-state index is 12.0. The lowest BCUT2D eigenvalue weighted by Gasteiger charge is -2.22. The van der Waals surface area contributed by atoms with E-state index in [9.17, 15) is 4.79 Å². The molecule has 7 nitrogen and oxygen atoms in total. The fraction of sp³-hybridized carbons (Fsp3) is 0.650. The monoisotopic (exact) mass is 478 g/mol. The van der Waals surface area contributed by atoms with E-state index in [2.05, 4.69) is 26.0 Å². The Kier molecular flexibility index (Phi) is 13.3. The van der Waals surface area contributed by atoms with Crippen molar-refractivity contribution in [3.05, 3.63) is 29.2 Å². The van der Waals surface area contributed by atoms with Gasteiger partial charge in [-0.1, -0.05) is 30.9 Å². The van der Waals surface area contributed by atoms with Crippen molar-refractivity contribution < 1.29 is 4.79 Å². The molecule has 3 N–H and O–H groups in total. The van der Waals surface area contributed by atoms with E-state index in [0.29, 0.717) is 23.0 Å². The van der Waals surface area contributed by atoms with Crippen LogP contribution in [0.1, 0.15) is 50.6 Å². The molecule has 0 aromatic carbocycles. The van der Waals surface area contributed by atoms with Gasteiger partial charge >= 0.3 is 0 Å². The summed E-state index contributed by atoms with van der Waals surface area (Å²) in [6.45, 7) is 3.73. The molecule has 3 rings (SSSR count). The van der Waals surface area contributed by atoms with E-state index in [4.69, 9.17) is 11.6 Å². The minimum atomic E-state index is -0.0147. The molecule has 0 spiro atoms. The average molecular weight is 480 g/mol. The molecule has 2 aromatic rings. The molecule has 0 unspecified atom stereocenters. The third kappa shape index (κ3) is 9.35. The topological polar surface area (TPSA) is 83.4 Å². The zero-order valence-electron chi connectivity index (χ0n) is 17.2. The summed E-state index contributed by atoms with van der Waals surface area (Å²) in [5.74, 6) is -0.0147. The first-order valence-corrected chi connectivity index (χ1v) is 10.8. The molecule has 30 heavy (non-hydrogen) atoms. The number of hydrogen-bond acceptors (Lipinski definition) is 5. The fourth-order valence-corrected chi connectivity index (χ4v) is 3.76. The smallest absolute Gasteiger partial charge is 0.226 e. The second-order valence-corrected chi connectivity index (χ2v) is 7.85. The van der Waals surface area contributed by atoms with Crippen molar-refractivity contribution in [2.75, 3.05) is 26.2 Å². The first-order valence-electron chi connectivity index (χ1n) is 10.4. The molecule has 0 bridgehead atoms. The van der Waals surface area contributed by atoms with Gasteiger partial charge in [0.05, 0.1) is 18.3 Å². The number of amides is 1. The lowest BCUT2D eigenvalue weighted by atomic mass is 9.95. The Balaban J connectivity index is 0.00000225. The number of halogens is 3. The highest BCUT2D eigenvalue weighted by Gasteiger charge is 2.11. The highest BCUT2D eigenvalue weighted by molar-refractivity contribution is 6.29. The number of aromatic nitrogens is 3. The number of carbonyl (C=O) groups is 1. The van der Waals surface area contributed by atoms with Crippen molar-refractivity contribution in [2.45, 2.75) is 57.4 Å². The van der Waals surface area contributed by atoms with E-state index in [1.807, 2.05) is 0 Å². The van der Waals surface area contributed by atoms with E-state index in [0.717, 1.165) is 38.5 Å². The van der Waals surface area contributed by atoms with Crippen LogP contribution in [0.3, 0.4) is 0 Å².